The number of carbonyl (C=O) groups excluding carboxylic acids is 1. The van der Waals surface area contributed by atoms with Crippen LogP contribution in [0, 0.1) is 5.41 Å². The fraction of sp³-hybridized carbons (Fsp3) is 0.160. The lowest BCUT2D eigenvalue weighted by atomic mass is 9.84. The number of ketones is 1. The molecule has 0 aromatic heterocycles. The number of aromatic carboxylic acids is 1. The average Bonchev–Trinajstić information content (AvgIpc) is 2.70. The fourth-order valence-electron chi connectivity index (χ4n) is 3.65. The second-order valence-electron chi connectivity index (χ2n) is 8.44. The number of Topliss-reactive ketones (excluding diaryl/α,β-unsaturated/α-hetero) is 1. The first-order valence-electron chi connectivity index (χ1n) is 9.66. The SMILES string of the molecule is CC(C)(C)C(=O)c1ccc(-c2c3ccc(=O)cc-3oc3cc([O-])ccc23)c(C(=O)O)c1. The van der Waals surface area contributed by atoms with Crippen LogP contribution in [0.3, 0.4) is 0 Å². The Morgan fingerprint density at radius 1 is 0.935 bits per heavy atom. The summed E-state index contributed by atoms with van der Waals surface area (Å²) in [5.74, 6) is -1.40. The number of hydrogen-bond acceptors (Lipinski definition) is 5. The van der Waals surface area contributed by atoms with Crippen molar-refractivity contribution in [2.24, 2.45) is 5.41 Å². The average molecular weight is 415 g/mol. The van der Waals surface area contributed by atoms with Crippen molar-refractivity contribution in [2.75, 3.05) is 0 Å². The maximum Gasteiger partial charge on any atom is 0.336 e. The van der Waals surface area contributed by atoms with Crippen molar-refractivity contribution in [3.8, 4) is 28.2 Å². The second kappa shape index (κ2) is 7.09. The van der Waals surface area contributed by atoms with Gasteiger partial charge in [-0.1, -0.05) is 45.0 Å². The minimum Gasteiger partial charge on any atom is -0.872 e. The zero-order valence-corrected chi connectivity index (χ0v) is 17.2. The molecule has 156 valence electrons. The van der Waals surface area contributed by atoms with Crippen LogP contribution in [0.5, 0.6) is 5.75 Å². The second-order valence-corrected chi connectivity index (χ2v) is 8.44. The molecule has 2 aromatic rings. The van der Waals surface area contributed by atoms with Gasteiger partial charge in [-0.05, 0) is 29.8 Å². The van der Waals surface area contributed by atoms with E-state index in [4.69, 9.17) is 4.42 Å². The van der Waals surface area contributed by atoms with E-state index in [0.717, 1.165) is 0 Å². The Labute approximate surface area is 177 Å². The first-order chi connectivity index (χ1) is 14.6. The van der Waals surface area contributed by atoms with E-state index in [1.165, 1.54) is 30.3 Å². The quantitative estimate of drug-likeness (QED) is 0.388. The third-order valence-corrected chi connectivity index (χ3v) is 5.13. The summed E-state index contributed by atoms with van der Waals surface area (Å²) in [5, 5.41) is 22.3. The van der Waals surface area contributed by atoms with Gasteiger partial charge in [0, 0.05) is 33.6 Å². The normalized spacial score (nSPS) is 11.7. The summed E-state index contributed by atoms with van der Waals surface area (Å²) in [6, 6.07) is 13.0. The van der Waals surface area contributed by atoms with E-state index in [1.54, 1.807) is 45.0 Å². The lowest BCUT2D eigenvalue weighted by Gasteiger charge is -2.20. The predicted octanol–water partition coefficient (Wildman–Crippen LogP) is 4.57. The summed E-state index contributed by atoms with van der Waals surface area (Å²) >= 11 is 0. The van der Waals surface area contributed by atoms with Crippen LogP contribution in [0.2, 0.25) is 0 Å². The van der Waals surface area contributed by atoms with E-state index in [2.05, 4.69) is 0 Å². The number of carbonyl (C=O) groups is 2. The van der Waals surface area contributed by atoms with Crippen LogP contribution in [0.15, 0.2) is 63.8 Å². The molecule has 0 atom stereocenters. The maximum atomic E-state index is 12.7. The van der Waals surface area contributed by atoms with Gasteiger partial charge in [0.25, 0.3) is 0 Å². The molecular weight excluding hydrogens is 396 g/mol. The van der Waals surface area contributed by atoms with Crippen molar-refractivity contribution in [3.63, 3.8) is 0 Å². The van der Waals surface area contributed by atoms with Gasteiger partial charge in [0.2, 0.25) is 0 Å². The van der Waals surface area contributed by atoms with Gasteiger partial charge in [0.15, 0.2) is 11.2 Å². The van der Waals surface area contributed by atoms with Gasteiger partial charge in [0.1, 0.15) is 11.3 Å². The van der Waals surface area contributed by atoms with Gasteiger partial charge in [-0.2, -0.15) is 0 Å². The van der Waals surface area contributed by atoms with Crippen molar-refractivity contribution in [1.29, 1.82) is 0 Å². The lowest BCUT2D eigenvalue weighted by molar-refractivity contribution is -0.268. The van der Waals surface area contributed by atoms with E-state index in [0.29, 0.717) is 27.6 Å². The van der Waals surface area contributed by atoms with Crippen molar-refractivity contribution < 1.29 is 24.2 Å². The van der Waals surface area contributed by atoms with Crippen molar-refractivity contribution in [2.45, 2.75) is 20.8 Å². The molecular formula is C25H19O6-. The Morgan fingerprint density at radius 2 is 1.65 bits per heavy atom. The molecule has 0 saturated carbocycles. The largest absolute Gasteiger partial charge is 0.872 e. The molecule has 0 unspecified atom stereocenters. The summed E-state index contributed by atoms with van der Waals surface area (Å²) in [6.07, 6.45) is 0. The van der Waals surface area contributed by atoms with Crippen LogP contribution in [-0.4, -0.2) is 16.9 Å². The molecule has 1 heterocycles. The Morgan fingerprint density at radius 3 is 2.32 bits per heavy atom. The van der Waals surface area contributed by atoms with Crippen molar-refractivity contribution in [3.05, 3.63) is 75.9 Å². The van der Waals surface area contributed by atoms with E-state index in [-0.39, 0.29) is 33.9 Å². The number of fused-ring (bicyclic) bond motifs is 2. The summed E-state index contributed by atoms with van der Waals surface area (Å²) in [7, 11) is 0. The highest BCUT2D eigenvalue weighted by molar-refractivity contribution is 6.09. The Hall–Kier alpha value is -3.93. The zero-order valence-electron chi connectivity index (χ0n) is 17.2. The van der Waals surface area contributed by atoms with Gasteiger partial charge in [-0.3, -0.25) is 9.59 Å². The topological polar surface area (TPSA) is 108 Å². The monoisotopic (exact) mass is 415 g/mol. The fourth-order valence-corrected chi connectivity index (χ4v) is 3.65. The van der Waals surface area contributed by atoms with Crippen LogP contribution in [-0.2, 0) is 0 Å². The Kier molecular flexibility index (Phi) is 4.65. The molecule has 4 rings (SSSR count). The van der Waals surface area contributed by atoms with Crippen LogP contribution in [0.25, 0.3) is 33.4 Å². The lowest BCUT2D eigenvalue weighted by Crippen LogP contribution is -2.20. The third kappa shape index (κ3) is 3.57. The maximum absolute atomic E-state index is 12.7. The van der Waals surface area contributed by atoms with Gasteiger partial charge < -0.3 is 14.6 Å². The molecule has 6 heteroatoms. The number of rotatable bonds is 3. The van der Waals surface area contributed by atoms with Crippen LogP contribution < -0.4 is 10.5 Å². The van der Waals surface area contributed by atoms with E-state index < -0.39 is 11.4 Å². The molecule has 31 heavy (non-hydrogen) atoms. The summed E-state index contributed by atoms with van der Waals surface area (Å²) in [4.78, 5) is 36.7. The molecule has 0 bridgehead atoms. The summed E-state index contributed by atoms with van der Waals surface area (Å²) < 4.78 is 5.78. The Balaban J connectivity index is 2.09. The molecule has 0 saturated heterocycles. The van der Waals surface area contributed by atoms with Crippen molar-refractivity contribution in [1.82, 2.24) is 0 Å². The molecule has 0 amide bonds. The van der Waals surface area contributed by atoms with Gasteiger partial charge in [0.05, 0.1) is 5.56 Å². The Bertz CT molecular complexity index is 1390. The predicted molar refractivity (Wildman–Crippen MR) is 115 cm³/mol. The van der Waals surface area contributed by atoms with Gasteiger partial charge in [-0.25, -0.2) is 4.79 Å². The van der Waals surface area contributed by atoms with Gasteiger partial charge >= 0.3 is 5.97 Å². The first kappa shape index (κ1) is 20.3. The van der Waals surface area contributed by atoms with E-state index in [1.807, 2.05) is 0 Å². The third-order valence-electron chi connectivity index (χ3n) is 5.13. The van der Waals surface area contributed by atoms with Crippen LogP contribution in [0.1, 0.15) is 41.5 Å². The number of carboxylic acids is 1. The standard InChI is InChI=1S/C25H20O6/c1-25(2,3)23(28)13-4-7-16(19(10-13)24(29)30)22-17-8-5-14(26)11-20(17)31-21-12-15(27)6-9-18(21)22/h4-12,26H,1-3H3,(H,29,30)/p-1. The smallest absolute Gasteiger partial charge is 0.336 e. The van der Waals surface area contributed by atoms with Crippen LogP contribution in [0.4, 0.5) is 0 Å². The minimum atomic E-state index is -1.19. The van der Waals surface area contributed by atoms with Crippen molar-refractivity contribution >= 4 is 22.7 Å². The summed E-state index contributed by atoms with van der Waals surface area (Å²) in [5.41, 5.74) is 0.953. The summed E-state index contributed by atoms with van der Waals surface area (Å²) in [6.45, 7) is 5.30. The molecule has 0 fully saturated rings. The first-order valence-corrected chi connectivity index (χ1v) is 9.66. The number of benzene rings is 3. The molecule has 2 aliphatic rings. The highest BCUT2D eigenvalue weighted by atomic mass is 16.4. The highest BCUT2D eigenvalue weighted by Gasteiger charge is 2.26. The highest BCUT2D eigenvalue weighted by Crippen LogP contribution is 2.42. The molecule has 0 spiro atoms. The van der Waals surface area contributed by atoms with Crippen LogP contribution >= 0.6 is 0 Å². The van der Waals surface area contributed by atoms with E-state index >= 15 is 0 Å². The zero-order chi connectivity index (χ0) is 22.5. The molecule has 2 aromatic carbocycles. The molecule has 1 aliphatic heterocycles. The number of hydrogen-bond donors (Lipinski definition) is 1. The minimum absolute atomic E-state index is 0.0544. The van der Waals surface area contributed by atoms with E-state index in [9.17, 15) is 24.6 Å². The number of carboxylic acid groups (broad SMARTS) is 1. The molecule has 1 aliphatic carbocycles. The molecule has 0 radical (unpaired) electrons. The van der Waals surface area contributed by atoms with Gasteiger partial charge in [-0.15, -0.1) is 5.75 Å². The molecule has 1 N–H and O–H groups in total. The molecule has 6 nitrogen and oxygen atoms in total.